The van der Waals surface area contributed by atoms with Crippen molar-refractivity contribution in [3.05, 3.63) is 72.8 Å². The number of hydrogen-bond acceptors (Lipinski definition) is 2. The molecule has 1 atom stereocenters. The molecule has 0 saturated heterocycles. The van der Waals surface area contributed by atoms with Gasteiger partial charge in [0.1, 0.15) is 5.78 Å². The van der Waals surface area contributed by atoms with Crippen molar-refractivity contribution in [2.45, 2.75) is 65.3 Å². The van der Waals surface area contributed by atoms with E-state index in [1.165, 1.54) is 15.9 Å². The van der Waals surface area contributed by atoms with E-state index >= 15 is 0 Å². The Labute approximate surface area is 189 Å². The fraction of sp³-hybridized carbons (Fsp3) is 0.464. The smallest absolute Gasteiger partial charge is 0.261 e. The second-order valence-corrected chi connectivity index (χ2v) is 15.0. The molecule has 0 amide bonds. The van der Waals surface area contributed by atoms with Gasteiger partial charge in [-0.3, -0.25) is 4.79 Å². The monoisotopic (exact) mass is 434 g/mol. The van der Waals surface area contributed by atoms with E-state index in [4.69, 9.17) is 4.43 Å². The van der Waals surface area contributed by atoms with Crippen LogP contribution in [0, 0.1) is 11.3 Å². The highest BCUT2D eigenvalue weighted by atomic mass is 28.4. The molecule has 0 unspecified atom stereocenters. The molecule has 1 fully saturated rings. The first-order chi connectivity index (χ1) is 14.6. The zero-order chi connectivity index (χ0) is 22.7. The second-order valence-electron chi connectivity index (χ2n) is 10.6. The highest BCUT2D eigenvalue weighted by Crippen LogP contribution is 2.42. The summed E-state index contributed by atoms with van der Waals surface area (Å²) >= 11 is 0. The van der Waals surface area contributed by atoms with Crippen LogP contribution in [-0.2, 0) is 9.22 Å². The molecule has 1 saturated carbocycles. The molecule has 0 radical (unpaired) electrons. The van der Waals surface area contributed by atoms with Crippen molar-refractivity contribution >= 4 is 24.5 Å². The van der Waals surface area contributed by atoms with Crippen LogP contribution in [0.4, 0.5) is 0 Å². The number of hydrogen-bond donors (Lipinski definition) is 0. The van der Waals surface area contributed by atoms with E-state index in [0.717, 1.165) is 12.8 Å². The molecule has 2 nitrogen and oxygen atoms in total. The summed E-state index contributed by atoms with van der Waals surface area (Å²) in [6, 6.07) is 21.6. The van der Waals surface area contributed by atoms with E-state index in [1.54, 1.807) is 0 Å². The Hall–Kier alpha value is -1.97. The first kappa shape index (κ1) is 23.7. The van der Waals surface area contributed by atoms with Crippen LogP contribution in [0.25, 0.3) is 0 Å². The summed E-state index contributed by atoms with van der Waals surface area (Å²) in [6.07, 6.45) is 3.23. The van der Waals surface area contributed by atoms with Gasteiger partial charge in [-0.1, -0.05) is 107 Å². The van der Waals surface area contributed by atoms with E-state index in [0.29, 0.717) is 31.1 Å². The van der Waals surface area contributed by atoms with Crippen molar-refractivity contribution in [2.24, 2.45) is 11.3 Å². The molecule has 0 heterocycles. The highest BCUT2D eigenvalue weighted by molar-refractivity contribution is 6.99. The van der Waals surface area contributed by atoms with Crippen molar-refractivity contribution < 1.29 is 9.22 Å². The van der Waals surface area contributed by atoms with Gasteiger partial charge in [-0.05, 0) is 39.6 Å². The Bertz CT molecular complexity index is 854. The summed E-state index contributed by atoms with van der Waals surface area (Å²) < 4.78 is 7.07. The predicted molar refractivity (Wildman–Crippen MR) is 133 cm³/mol. The molecule has 166 valence electrons. The fourth-order valence-corrected chi connectivity index (χ4v) is 9.61. The summed E-state index contributed by atoms with van der Waals surface area (Å²) in [4.78, 5) is 11.8. The van der Waals surface area contributed by atoms with Gasteiger partial charge in [-0.2, -0.15) is 0 Å². The number of allylic oxidation sites excluding steroid dienone is 1. The van der Waals surface area contributed by atoms with Crippen LogP contribution >= 0.6 is 0 Å². The molecule has 3 heteroatoms. The Balaban J connectivity index is 1.88. The molecule has 0 spiro atoms. The second kappa shape index (κ2) is 9.26. The first-order valence-corrected chi connectivity index (χ1v) is 13.4. The van der Waals surface area contributed by atoms with Gasteiger partial charge in [0.15, 0.2) is 0 Å². The number of ketones is 1. The van der Waals surface area contributed by atoms with Crippen molar-refractivity contribution in [1.82, 2.24) is 0 Å². The molecule has 1 aliphatic rings. The Morgan fingerprint density at radius 1 is 0.968 bits per heavy atom. The molecule has 0 aromatic heterocycles. The zero-order valence-electron chi connectivity index (χ0n) is 19.9. The minimum Gasteiger partial charge on any atom is -0.407 e. The number of Topliss-reactive ketones (excluding diaryl/α,β-unsaturated/α-hetero) is 1. The highest BCUT2D eigenvalue weighted by Gasteiger charge is 2.50. The Morgan fingerprint density at radius 3 is 1.90 bits per heavy atom. The molecular formula is C28H38O2Si. The molecule has 0 bridgehead atoms. The molecule has 3 rings (SSSR count). The maximum Gasteiger partial charge on any atom is 0.261 e. The van der Waals surface area contributed by atoms with Crippen molar-refractivity contribution in [3.63, 3.8) is 0 Å². The lowest BCUT2D eigenvalue weighted by atomic mass is 9.75. The number of benzene rings is 2. The van der Waals surface area contributed by atoms with Gasteiger partial charge >= 0.3 is 0 Å². The minimum atomic E-state index is -2.51. The lowest BCUT2D eigenvalue weighted by Crippen LogP contribution is -2.66. The fourth-order valence-electron chi connectivity index (χ4n) is 5.05. The number of carbonyl (C=O) groups excluding carboxylic acids is 1. The minimum absolute atomic E-state index is 0.0191. The topological polar surface area (TPSA) is 26.3 Å². The largest absolute Gasteiger partial charge is 0.407 e. The number of rotatable bonds is 8. The van der Waals surface area contributed by atoms with Crippen LogP contribution in [0.1, 0.15) is 60.3 Å². The van der Waals surface area contributed by atoms with Gasteiger partial charge in [-0.25, -0.2) is 0 Å². The van der Waals surface area contributed by atoms with Gasteiger partial charge in [0.25, 0.3) is 8.32 Å². The summed E-state index contributed by atoms with van der Waals surface area (Å²) in [7, 11) is -2.51. The average Bonchev–Trinajstić information content (AvgIpc) is 3.17. The maximum atomic E-state index is 11.8. The third-order valence-electron chi connectivity index (χ3n) is 7.07. The summed E-state index contributed by atoms with van der Waals surface area (Å²) in [5, 5.41) is 2.60. The lowest BCUT2D eigenvalue weighted by Gasteiger charge is -2.44. The summed E-state index contributed by atoms with van der Waals surface area (Å²) in [5.74, 6) is 0.709. The molecule has 31 heavy (non-hydrogen) atoms. The van der Waals surface area contributed by atoms with E-state index in [1.807, 2.05) is 0 Å². The van der Waals surface area contributed by atoms with Crippen molar-refractivity contribution in [3.8, 4) is 0 Å². The van der Waals surface area contributed by atoms with Crippen LogP contribution in [0.2, 0.25) is 5.04 Å². The van der Waals surface area contributed by atoms with E-state index in [9.17, 15) is 4.79 Å². The quantitative estimate of drug-likeness (QED) is 0.382. The van der Waals surface area contributed by atoms with Gasteiger partial charge in [0, 0.05) is 19.4 Å². The van der Waals surface area contributed by atoms with Crippen LogP contribution < -0.4 is 10.4 Å². The molecule has 1 aliphatic carbocycles. The van der Waals surface area contributed by atoms with Crippen LogP contribution in [0.5, 0.6) is 0 Å². The third kappa shape index (κ3) is 4.93. The Kier molecular flexibility index (Phi) is 7.07. The van der Waals surface area contributed by atoms with Crippen LogP contribution in [0.15, 0.2) is 72.8 Å². The molecule has 2 aromatic carbocycles. The van der Waals surface area contributed by atoms with Gasteiger partial charge in [-0.15, -0.1) is 0 Å². The zero-order valence-corrected chi connectivity index (χ0v) is 20.9. The van der Waals surface area contributed by atoms with Gasteiger partial charge in [0.2, 0.25) is 0 Å². The molecule has 2 aromatic rings. The van der Waals surface area contributed by atoms with Crippen LogP contribution in [0.3, 0.4) is 0 Å². The Morgan fingerprint density at radius 2 is 1.48 bits per heavy atom. The number of carbonyl (C=O) groups is 1. The standard InChI is InChI=1S/C28H38O2Si/c1-22(23-17-18-24(29)21-23)28(5,6)19-20-30-31(27(2,3)4,25-13-9-7-10-14-25)26-15-11-8-12-16-26/h7-16,23H,1,17-21H2,2-6H3/t23-/m0/s1. The molecular weight excluding hydrogens is 396 g/mol. The SMILES string of the molecule is C=C([C@H]1CCC(=O)C1)C(C)(C)CCO[Si](c1ccccc1)(c1ccccc1)C(C)(C)C. The van der Waals surface area contributed by atoms with E-state index in [2.05, 4.69) is 102 Å². The van der Waals surface area contributed by atoms with E-state index < -0.39 is 8.32 Å². The summed E-state index contributed by atoms with van der Waals surface area (Å²) in [5.41, 5.74) is 1.16. The van der Waals surface area contributed by atoms with Crippen molar-refractivity contribution in [1.29, 1.82) is 0 Å². The van der Waals surface area contributed by atoms with Gasteiger partial charge in [0.05, 0.1) is 0 Å². The lowest BCUT2D eigenvalue weighted by molar-refractivity contribution is -0.117. The van der Waals surface area contributed by atoms with Crippen LogP contribution in [-0.4, -0.2) is 20.7 Å². The van der Waals surface area contributed by atoms with Crippen molar-refractivity contribution in [2.75, 3.05) is 6.61 Å². The average molecular weight is 435 g/mol. The predicted octanol–water partition coefficient (Wildman–Crippen LogP) is 5.90. The normalized spacial score (nSPS) is 17.7. The van der Waals surface area contributed by atoms with E-state index in [-0.39, 0.29) is 10.5 Å². The van der Waals surface area contributed by atoms with Gasteiger partial charge < -0.3 is 4.43 Å². The maximum absolute atomic E-state index is 11.8. The summed E-state index contributed by atoms with van der Waals surface area (Å²) in [6.45, 7) is 16.6. The molecule has 0 N–H and O–H groups in total. The molecule has 0 aliphatic heterocycles. The third-order valence-corrected chi connectivity index (χ3v) is 12.1. The first-order valence-electron chi connectivity index (χ1n) is 11.5.